The first-order chi connectivity index (χ1) is 12.4. The van der Waals surface area contributed by atoms with E-state index < -0.39 is 18.0 Å². The number of aromatic hydroxyl groups is 1. The number of phenolic OH excluding ortho intramolecular Hbond substituents is 1. The zero-order valence-corrected chi connectivity index (χ0v) is 14.1. The smallest absolute Gasteiger partial charge is 0.311 e. The number of nitrogens with zero attached hydrogens (tertiary/aromatic N) is 1. The molecule has 0 aromatic heterocycles. The van der Waals surface area contributed by atoms with Crippen molar-refractivity contribution in [3.63, 3.8) is 0 Å². The van der Waals surface area contributed by atoms with Crippen molar-refractivity contribution in [3.8, 4) is 5.75 Å². The van der Waals surface area contributed by atoms with Crippen LogP contribution in [-0.2, 0) is 25.5 Å². The maximum absolute atomic E-state index is 12.7. The first kappa shape index (κ1) is 17.5. The van der Waals surface area contributed by atoms with Crippen molar-refractivity contribution in [1.82, 2.24) is 0 Å². The van der Waals surface area contributed by atoms with E-state index in [1.165, 1.54) is 24.0 Å². The van der Waals surface area contributed by atoms with Crippen molar-refractivity contribution in [1.29, 1.82) is 0 Å². The van der Waals surface area contributed by atoms with Gasteiger partial charge in [0.1, 0.15) is 12.3 Å². The number of fused-ring (bicyclic) bond motifs is 1. The number of ether oxygens (including phenoxy) is 1. The van der Waals surface area contributed by atoms with Crippen LogP contribution in [0, 0.1) is 0 Å². The highest BCUT2D eigenvalue weighted by Crippen LogP contribution is 2.29. The van der Waals surface area contributed by atoms with Gasteiger partial charge in [-0.2, -0.15) is 0 Å². The molecule has 7 heteroatoms. The Balaban J connectivity index is 1.67. The van der Waals surface area contributed by atoms with Gasteiger partial charge in [0.15, 0.2) is 6.10 Å². The molecule has 7 nitrogen and oxygen atoms in total. The Labute approximate surface area is 150 Å². The normalized spacial score (nSPS) is 14.2. The third-order valence-corrected chi connectivity index (χ3v) is 3.98. The molecule has 3 rings (SSSR count). The van der Waals surface area contributed by atoms with Gasteiger partial charge in [0.25, 0.3) is 5.91 Å². The number of benzene rings is 2. The Morgan fingerprint density at radius 3 is 2.62 bits per heavy atom. The van der Waals surface area contributed by atoms with E-state index in [0.29, 0.717) is 16.9 Å². The lowest BCUT2D eigenvalue weighted by Gasteiger charge is -2.30. The zero-order valence-electron chi connectivity index (χ0n) is 14.1. The molecular weight excluding hydrogens is 336 g/mol. The fourth-order valence-electron chi connectivity index (χ4n) is 2.72. The lowest BCUT2D eigenvalue weighted by atomic mass is 10.1. The molecule has 2 N–H and O–H groups in total. The molecule has 134 valence electrons. The molecule has 2 aromatic carbocycles. The van der Waals surface area contributed by atoms with Gasteiger partial charge < -0.3 is 15.2 Å². The summed E-state index contributed by atoms with van der Waals surface area (Å²) in [6, 6.07) is 13.1. The van der Waals surface area contributed by atoms with E-state index >= 15 is 0 Å². The number of hydrogen-bond donors (Lipinski definition) is 2. The molecule has 0 saturated heterocycles. The van der Waals surface area contributed by atoms with Crippen molar-refractivity contribution < 1.29 is 24.2 Å². The first-order valence-electron chi connectivity index (χ1n) is 8.11. The monoisotopic (exact) mass is 354 g/mol. The van der Waals surface area contributed by atoms with Gasteiger partial charge in [0, 0.05) is 0 Å². The molecule has 0 saturated carbocycles. The van der Waals surface area contributed by atoms with Gasteiger partial charge in [0.05, 0.1) is 17.8 Å². The lowest BCUT2D eigenvalue weighted by molar-refractivity contribution is -0.153. The Kier molecular flexibility index (Phi) is 4.88. The SMILES string of the molecule is C[C@H](OC(=O)Cc1ccc(O)cc1)C(=O)N1CC(=O)Nc2ccccc21. The molecule has 0 fully saturated rings. The van der Waals surface area contributed by atoms with E-state index in [-0.39, 0.29) is 24.6 Å². The summed E-state index contributed by atoms with van der Waals surface area (Å²) in [5.41, 5.74) is 1.77. The third kappa shape index (κ3) is 3.83. The maximum Gasteiger partial charge on any atom is 0.311 e. The number of esters is 1. The van der Waals surface area contributed by atoms with Crippen LogP contribution in [0.25, 0.3) is 0 Å². The molecule has 0 spiro atoms. The molecular formula is C19H18N2O5. The lowest BCUT2D eigenvalue weighted by Crippen LogP contribution is -2.47. The van der Waals surface area contributed by atoms with Crippen molar-refractivity contribution in [3.05, 3.63) is 54.1 Å². The minimum absolute atomic E-state index is 0.0189. The average molecular weight is 354 g/mol. The number of hydrogen-bond acceptors (Lipinski definition) is 5. The van der Waals surface area contributed by atoms with Crippen molar-refractivity contribution in [2.45, 2.75) is 19.4 Å². The van der Waals surface area contributed by atoms with Crippen molar-refractivity contribution in [2.24, 2.45) is 0 Å². The van der Waals surface area contributed by atoms with E-state index in [1.54, 1.807) is 36.4 Å². The van der Waals surface area contributed by atoms with E-state index in [2.05, 4.69) is 5.32 Å². The number of rotatable bonds is 4. The molecule has 1 aliphatic rings. The largest absolute Gasteiger partial charge is 0.508 e. The molecule has 2 amide bonds. The highest BCUT2D eigenvalue weighted by molar-refractivity contribution is 6.11. The molecule has 26 heavy (non-hydrogen) atoms. The van der Waals surface area contributed by atoms with Gasteiger partial charge >= 0.3 is 5.97 Å². The van der Waals surface area contributed by atoms with E-state index in [1.807, 2.05) is 0 Å². The van der Waals surface area contributed by atoms with E-state index in [0.717, 1.165) is 0 Å². The Morgan fingerprint density at radius 2 is 1.88 bits per heavy atom. The first-order valence-corrected chi connectivity index (χ1v) is 8.11. The summed E-state index contributed by atoms with van der Waals surface area (Å²) in [5, 5.41) is 12.0. The summed E-state index contributed by atoms with van der Waals surface area (Å²) in [6.07, 6.45) is -1.05. The number of carbonyl (C=O) groups excluding carboxylic acids is 3. The summed E-state index contributed by atoms with van der Waals surface area (Å²) in [5.74, 6) is -1.23. The summed E-state index contributed by atoms with van der Waals surface area (Å²) < 4.78 is 5.23. The van der Waals surface area contributed by atoms with Crippen LogP contribution in [0.4, 0.5) is 11.4 Å². The van der Waals surface area contributed by atoms with Crippen molar-refractivity contribution in [2.75, 3.05) is 16.8 Å². The fourth-order valence-corrected chi connectivity index (χ4v) is 2.72. The van der Waals surface area contributed by atoms with Gasteiger partial charge in [-0.1, -0.05) is 24.3 Å². The Bertz CT molecular complexity index is 847. The minimum atomic E-state index is -1.03. The quantitative estimate of drug-likeness (QED) is 0.817. The molecule has 0 unspecified atom stereocenters. The number of carbonyl (C=O) groups is 3. The average Bonchev–Trinajstić information content (AvgIpc) is 2.62. The molecule has 1 aliphatic heterocycles. The molecule has 1 heterocycles. The van der Waals surface area contributed by atoms with Gasteiger partial charge in [-0.15, -0.1) is 0 Å². The predicted octanol–water partition coefficient (Wildman–Crippen LogP) is 1.85. The van der Waals surface area contributed by atoms with Crippen LogP contribution >= 0.6 is 0 Å². The summed E-state index contributed by atoms with van der Waals surface area (Å²) in [4.78, 5) is 37.9. The highest BCUT2D eigenvalue weighted by Gasteiger charge is 2.31. The van der Waals surface area contributed by atoms with E-state index in [4.69, 9.17) is 4.74 Å². The standard InChI is InChI=1S/C19H18N2O5/c1-12(26-18(24)10-13-6-8-14(22)9-7-13)19(25)21-11-17(23)20-15-4-2-3-5-16(15)21/h2-9,12,22H,10-11H2,1H3,(H,20,23)/t12-/m0/s1. The molecule has 0 radical (unpaired) electrons. The molecule has 0 aliphatic carbocycles. The van der Waals surface area contributed by atoms with Crippen LogP contribution in [0.15, 0.2) is 48.5 Å². The predicted molar refractivity (Wildman–Crippen MR) is 94.8 cm³/mol. The van der Waals surface area contributed by atoms with Crippen LogP contribution in [0.1, 0.15) is 12.5 Å². The third-order valence-electron chi connectivity index (χ3n) is 3.98. The number of nitrogens with one attached hydrogen (secondary N) is 1. The molecule has 0 bridgehead atoms. The number of para-hydroxylation sites is 2. The van der Waals surface area contributed by atoms with Gasteiger partial charge in [-0.3, -0.25) is 19.3 Å². The molecule has 1 atom stereocenters. The number of phenols is 1. The molecule has 2 aromatic rings. The number of amides is 2. The van der Waals surface area contributed by atoms with Gasteiger partial charge in [-0.25, -0.2) is 0 Å². The summed E-state index contributed by atoms with van der Waals surface area (Å²) >= 11 is 0. The summed E-state index contributed by atoms with van der Waals surface area (Å²) in [7, 11) is 0. The van der Waals surface area contributed by atoms with Crippen LogP contribution in [-0.4, -0.2) is 35.5 Å². The second-order valence-corrected chi connectivity index (χ2v) is 5.97. The zero-order chi connectivity index (χ0) is 18.7. The second-order valence-electron chi connectivity index (χ2n) is 5.97. The fraction of sp³-hybridized carbons (Fsp3) is 0.211. The van der Waals surface area contributed by atoms with Gasteiger partial charge in [0.2, 0.25) is 5.91 Å². The highest BCUT2D eigenvalue weighted by atomic mass is 16.5. The van der Waals surface area contributed by atoms with E-state index in [9.17, 15) is 19.5 Å². The number of anilines is 2. The Morgan fingerprint density at radius 1 is 1.19 bits per heavy atom. The van der Waals surface area contributed by atoms with Gasteiger partial charge in [-0.05, 0) is 36.8 Å². The summed E-state index contributed by atoms with van der Waals surface area (Å²) in [6.45, 7) is 1.35. The topological polar surface area (TPSA) is 95.9 Å². The van der Waals surface area contributed by atoms with Crippen LogP contribution in [0.3, 0.4) is 0 Å². The second kappa shape index (κ2) is 7.26. The van der Waals surface area contributed by atoms with Crippen LogP contribution in [0.5, 0.6) is 5.75 Å². The minimum Gasteiger partial charge on any atom is -0.508 e. The van der Waals surface area contributed by atoms with Crippen molar-refractivity contribution >= 4 is 29.2 Å². The van der Waals surface area contributed by atoms with Crippen LogP contribution in [0.2, 0.25) is 0 Å². The van der Waals surface area contributed by atoms with Crippen LogP contribution < -0.4 is 10.2 Å². The maximum atomic E-state index is 12.7. The Hall–Kier alpha value is -3.35.